The molecule has 2 aromatic rings. The van der Waals surface area contributed by atoms with Crippen LogP contribution >= 0.6 is 22.9 Å². The van der Waals surface area contributed by atoms with E-state index in [4.69, 9.17) is 11.6 Å². The number of aryl methyl sites for hydroxylation is 1. The zero-order valence-electron chi connectivity index (χ0n) is 10.2. The van der Waals surface area contributed by atoms with Gasteiger partial charge in [-0.2, -0.15) is 0 Å². The Bertz CT molecular complexity index is 522. The van der Waals surface area contributed by atoms with Crippen LogP contribution in [0.1, 0.15) is 12.6 Å². The monoisotopic (exact) mass is 266 g/mol. The first-order valence-electron chi connectivity index (χ1n) is 5.56. The van der Waals surface area contributed by atoms with E-state index in [9.17, 15) is 0 Å². The average molecular weight is 267 g/mol. The van der Waals surface area contributed by atoms with Crippen LogP contribution in [0.2, 0.25) is 5.02 Å². The van der Waals surface area contributed by atoms with Gasteiger partial charge >= 0.3 is 0 Å². The molecule has 1 aromatic carbocycles. The van der Waals surface area contributed by atoms with Gasteiger partial charge in [0.25, 0.3) is 0 Å². The Morgan fingerprint density at radius 2 is 2.18 bits per heavy atom. The van der Waals surface area contributed by atoms with Gasteiger partial charge in [0.05, 0.1) is 10.6 Å². The molecular weight excluding hydrogens is 252 g/mol. The van der Waals surface area contributed by atoms with E-state index in [1.165, 1.54) is 4.88 Å². The highest BCUT2D eigenvalue weighted by molar-refractivity contribution is 7.19. The summed E-state index contributed by atoms with van der Waals surface area (Å²) in [6.45, 7) is 5.12. The fourth-order valence-electron chi connectivity index (χ4n) is 1.58. The van der Waals surface area contributed by atoms with E-state index < -0.39 is 0 Å². The van der Waals surface area contributed by atoms with E-state index in [-0.39, 0.29) is 0 Å². The van der Waals surface area contributed by atoms with Crippen molar-refractivity contribution in [3.8, 4) is 10.4 Å². The van der Waals surface area contributed by atoms with Gasteiger partial charge in [-0.25, -0.2) is 4.98 Å². The van der Waals surface area contributed by atoms with Gasteiger partial charge in [0, 0.05) is 18.6 Å². The minimum absolute atomic E-state index is 0.765. The Labute approximate surface area is 111 Å². The fourth-order valence-corrected chi connectivity index (χ4v) is 2.86. The zero-order chi connectivity index (χ0) is 12.4. The molecule has 4 heteroatoms. The van der Waals surface area contributed by atoms with Crippen LogP contribution in [-0.2, 0) is 0 Å². The van der Waals surface area contributed by atoms with Crippen molar-refractivity contribution in [1.29, 1.82) is 0 Å². The molecule has 0 aliphatic heterocycles. The van der Waals surface area contributed by atoms with Crippen molar-refractivity contribution in [2.75, 3.05) is 18.5 Å². The van der Waals surface area contributed by atoms with E-state index in [2.05, 4.69) is 29.9 Å². The smallest absolute Gasteiger partial charge is 0.185 e. The predicted molar refractivity (Wildman–Crippen MR) is 76.2 cm³/mol. The summed E-state index contributed by atoms with van der Waals surface area (Å²) in [4.78, 5) is 7.93. The molecule has 0 bridgehead atoms. The van der Waals surface area contributed by atoms with E-state index in [0.717, 1.165) is 28.0 Å². The SMILES string of the molecule is CCN(C)c1nc(C)c(-c2cccc(Cl)c2)s1. The maximum absolute atomic E-state index is 6.02. The molecule has 0 amide bonds. The molecule has 0 fully saturated rings. The number of benzene rings is 1. The number of halogens is 1. The van der Waals surface area contributed by atoms with Gasteiger partial charge in [-0.15, -0.1) is 0 Å². The van der Waals surface area contributed by atoms with Crippen LogP contribution in [-0.4, -0.2) is 18.6 Å². The van der Waals surface area contributed by atoms with Gasteiger partial charge in [-0.3, -0.25) is 0 Å². The van der Waals surface area contributed by atoms with Crippen molar-refractivity contribution in [2.45, 2.75) is 13.8 Å². The van der Waals surface area contributed by atoms with Crippen LogP contribution in [0.15, 0.2) is 24.3 Å². The second-order valence-corrected chi connectivity index (χ2v) is 5.35. The molecule has 0 aliphatic carbocycles. The second-order valence-electron chi connectivity index (χ2n) is 3.94. The zero-order valence-corrected chi connectivity index (χ0v) is 11.8. The molecule has 90 valence electrons. The highest BCUT2D eigenvalue weighted by Gasteiger charge is 2.11. The standard InChI is InChI=1S/C13H15ClN2S/c1-4-16(3)13-15-9(2)12(17-13)10-6-5-7-11(14)8-10/h5-8H,4H2,1-3H3. The number of aromatic nitrogens is 1. The molecular formula is C13H15ClN2S. The van der Waals surface area contributed by atoms with Gasteiger partial charge in [0.15, 0.2) is 5.13 Å². The average Bonchev–Trinajstić information content (AvgIpc) is 2.70. The lowest BCUT2D eigenvalue weighted by Gasteiger charge is -2.11. The fraction of sp³-hybridized carbons (Fsp3) is 0.308. The number of anilines is 1. The van der Waals surface area contributed by atoms with Crippen LogP contribution in [0.4, 0.5) is 5.13 Å². The third kappa shape index (κ3) is 2.61. The van der Waals surface area contributed by atoms with Gasteiger partial charge in [0.2, 0.25) is 0 Å². The summed E-state index contributed by atoms with van der Waals surface area (Å²) < 4.78 is 0. The van der Waals surface area contributed by atoms with Crippen molar-refractivity contribution in [3.63, 3.8) is 0 Å². The summed E-state index contributed by atoms with van der Waals surface area (Å²) in [6, 6.07) is 7.92. The quantitative estimate of drug-likeness (QED) is 0.827. The van der Waals surface area contributed by atoms with Crippen LogP contribution in [0.3, 0.4) is 0 Å². The number of thiazole rings is 1. The minimum atomic E-state index is 0.765. The Kier molecular flexibility index (Phi) is 3.69. The van der Waals surface area contributed by atoms with E-state index in [0.29, 0.717) is 0 Å². The second kappa shape index (κ2) is 5.07. The number of rotatable bonds is 3. The molecule has 2 rings (SSSR count). The molecule has 1 aromatic heterocycles. The summed E-state index contributed by atoms with van der Waals surface area (Å²) in [5.74, 6) is 0. The van der Waals surface area contributed by atoms with Crippen LogP contribution in [0.5, 0.6) is 0 Å². The molecule has 1 heterocycles. The summed E-state index contributed by atoms with van der Waals surface area (Å²) in [7, 11) is 2.06. The van der Waals surface area contributed by atoms with Crippen molar-refractivity contribution in [2.24, 2.45) is 0 Å². The molecule has 0 spiro atoms. The summed E-state index contributed by atoms with van der Waals surface area (Å²) in [5, 5.41) is 1.82. The first-order chi connectivity index (χ1) is 8.11. The van der Waals surface area contributed by atoms with Crippen molar-refractivity contribution in [3.05, 3.63) is 35.0 Å². The highest BCUT2D eigenvalue weighted by Crippen LogP contribution is 2.34. The molecule has 0 unspecified atom stereocenters. The Morgan fingerprint density at radius 3 is 2.82 bits per heavy atom. The summed E-state index contributed by atoms with van der Waals surface area (Å²) >= 11 is 7.73. The minimum Gasteiger partial charge on any atom is -0.351 e. The van der Waals surface area contributed by atoms with Crippen LogP contribution in [0, 0.1) is 6.92 Å². The van der Waals surface area contributed by atoms with Gasteiger partial charge in [-0.05, 0) is 31.5 Å². The van der Waals surface area contributed by atoms with Gasteiger partial charge < -0.3 is 4.90 Å². The van der Waals surface area contributed by atoms with Gasteiger partial charge in [0.1, 0.15) is 0 Å². The lowest BCUT2D eigenvalue weighted by atomic mass is 10.2. The highest BCUT2D eigenvalue weighted by atomic mass is 35.5. The van der Waals surface area contributed by atoms with Crippen LogP contribution in [0.25, 0.3) is 10.4 Å². The van der Waals surface area contributed by atoms with E-state index >= 15 is 0 Å². The van der Waals surface area contributed by atoms with E-state index in [1.807, 2.05) is 25.1 Å². The molecule has 0 radical (unpaired) electrons. The Balaban J connectivity index is 2.42. The molecule has 0 aliphatic rings. The number of nitrogens with zero attached hydrogens (tertiary/aromatic N) is 2. The molecule has 2 nitrogen and oxygen atoms in total. The Morgan fingerprint density at radius 1 is 1.41 bits per heavy atom. The number of hydrogen-bond acceptors (Lipinski definition) is 3. The van der Waals surface area contributed by atoms with Gasteiger partial charge in [-0.1, -0.05) is 35.1 Å². The van der Waals surface area contributed by atoms with Crippen molar-refractivity contribution >= 4 is 28.1 Å². The third-order valence-electron chi connectivity index (χ3n) is 2.67. The predicted octanol–water partition coefficient (Wildman–Crippen LogP) is 4.23. The molecule has 0 saturated heterocycles. The summed E-state index contributed by atoms with van der Waals surface area (Å²) in [6.07, 6.45) is 0. The van der Waals surface area contributed by atoms with E-state index in [1.54, 1.807) is 11.3 Å². The third-order valence-corrected chi connectivity index (χ3v) is 4.23. The maximum Gasteiger partial charge on any atom is 0.185 e. The maximum atomic E-state index is 6.02. The normalized spacial score (nSPS) is 10.6. The molecule has 0 saturated carbocycles. The Hall–Kier alpha value is -1.06. The topological polar surface area (TPSA) is 16.1 Å². The summed E-state index contributed by atoms with van der Waals surface area (Å²) in [5.41, 5.74) is 2.20. The first kappa shape index (κ1) is 12.4. The molecule has 0 N–H and O–H groups in total. The first-order valence-corrected chi connectivity index (χ1v) is 6.75. The lowest BCUT2D eigenvalue weighted by Crippen LogP contribution is -2.15. The van der Waals surface area contributed by atoms with Crippen molar-refractivity contribution in [1.82, 2.24) is 4.98 Å². The number of hydrogen-bond donors (Lipinski definition) is 0. The molecule has 17 heavy (non-hydrogen) atoms. The lowest BCUT2D eigenvalue weighted by molar-refractivity contribution is 0.953. The largest absolute Gasteiger partial charge is 0.351 e. The van der Waals surface area contributed by atoms with Crippen LogP contribution < -0.4 is 4.90 Å². The van der Waals surface area contributed by atoms with Crippen molar-refractivity contribution < 1.29 is 0 Å². The molecule has 0 atom stereocenters.